The maximum atomic E-state index is 4.49. The lowest BCUT2D eigenvalue weighted by Crippen LogP contribution is -2.42. The number of halogens is 1. The Morgan fingerprint density at radius 1 is 1.31 bits per heavy atom. The predicted molar refractivity (Wildman–Crippen MR) is 111 cm³/mol. The second-order valence-corrected chi connectivity index (χ2v) is 8.08. The Kier molecular flexibility index (Phi) is 5.70. The Morgan fingerprint density at radius 3 is 2.65 bits per heavy atom. The summed E-state index contributed by atoms with van der Waals surface area (Å²) in [5.74, 6) is 0.866. The first-order chi connectivity index (χ1) is 12.4. The largest absolute Gasteiger partial charge is 0.356 e. The first-order valence-corrected chi connectivity index (χ1v) is 9.94. The van der Waals surface area contributed by atoms with Crippen LogP contribution in [0.25, 0.3) is 0 Å². The lowest BCUT2D eigenvalue weighted by atomic mass is 9.96. The third-order valence-electron chi connectivity index (χ3n) is 5.43. The number of hydrogen-bond donors (Lipinski definition) is 2. The van der Waals surface area contributed by atoms with E-state index in [0.29, 0.717) is 0 Å². The lowest BCUT2D eigenvalue weighted by molar-refractivity contribution is 0.645. The number of aromatic nitrogens is 2. The number of nitrogens with one attached hydrogen (secondary N) is 2. The minimum Gasteiger partial charge on any atom is -0.356 e. The molecule has 0 bridgehead atoms. The molecular formula is C20H28BrN5. The minimum absolute atomic E-state index is 0.248. The van der Waals surface area contributed by atoms with Gasteiger partial charge in [0.05, 0.1) is 5.69 Å². The van der Waals surface area contributed by atoms with Crippen LogP contribution in [0.1, 0.15) is 35.4 Å². The average Bonchev–Trinajstić information content (AvgIpc) is 3.37. The molecule has 2 N–H and O–H groups in total. The second kappa shape index (κ2) is 7.82. The van der Waals surface area contributed by atoms with Crippen molar-refractivity contribution in [2.24, 2.45) is 12.0 Å². The molecule has 3 rings (SSSR count). The van der Waals surface area contributed by atoms with Gasteiger partial charge in [-0.1, -0.05) is 28.1 Å². The fraction of sp³-hybridized carbons (Fsp3) is 0.500. The molecule has 1 aliphatic carbocycles. The number of guanidine groups is 1. The van der Waals surface area contributed by atoms with E-state index in [9.17, 15) is 0 Å². The van der Waals surface area contributed by atoms with E-state index >= 15 is 0 Å². The van der Waals surface area contributed by atoms with Crippen molar-refractivity contribution in [2.75, 3.05) is 20.1 Å². The van der Waals surface area contributed by atoms with Crippen LogP contribution >= 0.6 is 15.9 Å². The van der Waals surface area contributed by atoms with Gasteiger partial charge in [-0.15, -0.1) is 0 Å². The van der Waals surface area contributed by atoms with Crippen LogP contribution in [0.15, 0.2) is 33.7 Å². The maximum absolute atomic E-state index is 4.49. The molecule has 0 saturated heterocycles. The van der Waals surface area contributed by atoms with Gasteiger partial charge in [0.2, 0.25) is 0 Å². The highest BCUT2D eigenvalue weighted by atomic mass is 79.9. The van der Waals surface area contributed by atoms with Crippen LogP contribution in [0, 0.1) is 13.8 Å². The van der Waals surface area contributed by atoms with Crippen molar-refractivity contribution in [1.29, 1.82) is 0 Å². The highest BCUT2D eigenvalue weighted by molar-refractivity contribution is 9.10. The number of rotatable bonds is 6. The van der Waals surface area contributed by atoms with Crippen molar-refractivity contribution in [3.63, 3.8) is 0 Å². The summed E-state index contributed by atoms with van der Waals surface area (Å²) in [7, 11) is 3.82. The van der Waals surface area contributed by atoms with E-state index in [1.165, 1.54) is 29.7 Å². The fourth-order valence-electron chi connectivity index (χ4n) is 3.50. The summed E-state index contributed by atoms with van der Waals surface area (Å²) in [5, 5.41) is 11.4. The zero-order valence-electron chi connectivity index (χ0n) is 16.1. The molecule has 26 heavy (non-hydrogen) atoms. The molecule has 0 radical (unpaired) electrons. The number of aryl methyl sites for hydroxylation is 2. The van der Waals surface area contributed by atoms with Crippen molar-refractivity contribution in [3.8, 4) is 0 Å². The molecule has 6 heteroatoms. The second-order valence-electron chi connectivity index (χ2n) is 7.17. The molecule has 0 amide bonds. The van der Waals surface area contributed by atoms with E-state index in [0.717, 1.165) is 35.6 Å². The van der Waals surface area contributed by atoms with Crippen LogP contribution < -0.4 is 10.6 Å². The molecule has 0 aliphatic heterocycles. The molecule has 140 valence electrons. The van der Waals surface area contributed by atoms with E-state index < -0.39 is 0 Å². The molecular weight excluding hydrogens is 390 g/mol. The van der Waals surface area contributed by atoms with Crippen LogP contribution in [-0.2, 0) is 18.9 Å². The summed E-state index contributed by atoms with van der Waals surface area (Å²) >= 11 is 3.58. The molecule has 0 spiro atoms. The predicted octanol–water partition coefficient (Wildman–Crippen LogP) is 3.24. The summed E-state index contributed by atoms with van der Waals surface area (Å²) in [5.41, 5.74) is 5.32. The Morgan fingerprint density at radius 2 is 2.08 bits per heavy atom. The first kappa shape index (κ1) is 19.0. The highest BCUT2D eigenvalue weighted by Crippen LogP contribution is 2.48. The van der Waals surface area contributed by atoms with Gasteiger partial charge in [0, 0.05) is 42.8 Å². The third-order valence-corrected chi connectivity index (χ3v) is 5.93. The van der Waals surface area contributed by atoms with E-state index in [1.54, 1.807) is 0 Å². The van der Waals surface area contributed by atoms with E-state index in [1.807, 2.05) is 18.8 Å². The minimum atomic E-state index is 0.248. The van der Waals surface area contributed by atoms with Crippen molar-refractivity contribution >= 4 is 21.9 Å². The zero-order chi connectivity index (χ0) is 18.7. The Hall–Kier alpha value is -1.82. The van der Waals surface area contributed by atoms with Gasteiger partial charge >= 0.3 is 0 Å². The van der Waals surface area contributed by atoms with Crippen LogP contribution in [-0.4, -0.2) is 35.9 Å². The molecule has 1 aromatic carbocycles. The maximum Gasteiger partial charge on any atom is 0.191 e. The van der Waals surface area contributed by atoms with Gasteiger partial charge in [-0.05, 0) is 56.4 Å². The van der Waals surface area contributed by atoms with E-state index in [-0.39, 0.29) is 5.41 Å². The monoisotopic (exact) mass is 417 g/mol. The van der Waals surface area contributed by atoms with Gasteiger partial charge < -0.3 is 10.6 Å². The van der Waals surface area contributed by atoms with Gasteiger partial charge in [-0.3, -0.25) is 9.67 Å². The Bertz CT molecular complexity index is 805. The number of nitrogens with zero attached hydrogens (tertiary/aromatic N) is 3. The van der Waals surface area contributed by atoms with E-state index in [2.05, 4.69) is 74.8 Å². The van der Waals surface area contributed by atoms with Gasteiger partial charge in [0.25, 0.3) is 0 Å². The van der Waals surface area contributed by atoms with Gasteiger partial charge in [0.1, 0.15) is 0 Å². The molecule has 0 unspecified atom stereocenters. The molecule has 1 aliphatic rings. The summed E-state index contributed by atoms with van der Waals surface area (Å²) in [6.07, 6.45) is 3.39. The summed E-state index contributed by atoms with van der Waals surface area (Å²) in [6, 6.07) is 8.66. The molecule has 5 nitrogen and oxygen atoms in total. The number of hydrogen-bond acceptors (Lipinski definition) is 2. The van der Waals surface area contributed by atoms with Crippen molar-refractivity contribution in [2.45, 2.75) is 38.5 Å². The van der Waals surface area contributed by atoms with Gasteiger partial charge in [-0.25, -0.2) is 0 Å². The van der Waals surface area contributed by atoms with Crippen molar-refractivity contribution in [1.82, 2.24) is 20.4 Å². The first-order valence-electron chi connectivity index (χ1n) is 9.15. The summed E-state index contributed by atoms with van der Waals surface area (Å²) in [4.78, 5) is 4.38. The lowest BCUT2D eigenvalue weighted by Gasteiger charge is -2.19. The Balaban J connectivity index is 1.52. The average molecular weight is 418 g/mol. The molecule has 2 aromatic rings. The van der Waals surface area contributed by atoms with Crippen LogP contribution in [0.5, 0.6) is 0 Å². The van der Waals surface area contributed by atoms with Crippen LogP contribution in [0.4, 0.5) is 0 Å². The normalized spacial score (nSPS) is 15.8. The highest BCUT2D eigenvalue weighted by Gasteiger charge is 2.44. The quantitative estimate of drug-likeness (QED) is 0.560. The molecule has 1 heterocycles. The summed E-state index contributed by atoms with van der Waals surface area (Å²) < 4.78 is 3.10. The number of benzene rings is 1. The fourth-order valence-corrected chi connectivity index (χ4v) is 3.89. The molecule has 1 fully saturated rings. The smallest absolute Gasteiger partial charge is 0.191 e. The van der Waals surface area contributed by atoms with Crippen LogP contribution in [0.3, 0.4) is 0 Å². The molecule has 1 aromatic heterocycles. The standard InChI is InChI=1S/C20H28BrN5/c1-14-18(15(2)26(4)25-14)8-11-23-19(22-3)24-13-20(9-10-20)16-6-5-7-17(21)12-16/h5-7,12H,8-11,13H2,1-4H3,(H2,22,23,24). The topological polar surface area (TPSA) is 54.2 Å². The van der Waals surface area contributed by atoms with Gasteiger partial charge in [0.15, 0.2) is 5.96 Å². The van der Waals surface area contributed by atoms with Crippen molar-refractivity contribution < 1.29 is 0 Å². The van der Waals surface area contributed by atoms with Crippen molar-refractivity contribution in [3.05, 3.63) is 51.3 Å². The van der Waals surface area contributed by atoms with Crippen LogP contribution in [0.2, 0.25) is 0 Å². The van der Waals surface area contributed by atoms with Gasteiger partial charge in [-0.2, -0.15) is 5.10 Å². The molecule has 1 saturated carbocycles. The Labute approximate surface area is 164 Å². The zero-order valence-corrected chi connectivity index (χ0v) is 17.7. The third kappa shape index (κ3) is 4.11. The molecule has 0 atom stereocenters. The summed E-state index contributed by atoms with van der Waals surface area (Å²) in [6.45, 7) is 5.95. The van der Waals surface area contributed by atoms with E-state index in [4.69, 9.17) is 0 Å². The number of aliphatic imine (C=N–C) groups is 1. The SMILES string of the molecule is CN=C(NCCc1c(C)nn(C)c1C)NCC1(c2cccc(Br)c2)CC1.